The number of carboxylic acids is 1. The van der Waals surface area contributed by atoms with E-state index in [-0.39, 0.29) is 12.3 Å². The molecule has 26 heavy (non-hydrogen) atoms. The van der Waals surface area contributed by atoms with Crippen LogP contribution in [-0.2, 0) is 16.1 Å². The number of hydrogen-bond donors (Lipinski definition) is 2. The quantitative estimate of drug-likeness (QED) is 0.618. The highest BCUT2D eigenvalue weighted by Crippen LogP contribution is 2.29. The molecular weight excluding hydrogens is 336 g/mol. The molecule has 7 heteroatoms. The summed E-state index contributed by atoms with van der Waals surface area (Å²) in [6, 6.07) is 5.04. The third-order valence-electron chi connectivity index (χ3n) is 4.43. The first-order valence-corrected chi connectivity index (χ1v) is 9.08. The molecule has 0 spiro atoms. The molecule has 7 nitrogen and oxygen atoms in total. The molecule has 2 N–H and O–H groups in total. The number of rotatable bonds is 10. The number of amides is 1. The van der Waals surface area contributed by atoms with Gasteiger partial charge < -0.3 is 19.9 Å². The minimum absolute atomic E-state index is 0.207. The van der Waals surface area contributed by atoms with E-state index in [1.54, 1.807) is 7.11 Å². The molecule has 0 radical (unpaired) electrons. The lowest BCUT2D eigenvalue weighted by atomic mass is 10.1. The summed E-state index contributed by atoms with van der Waals surface area (Å²) in [6.45, 7) is 4.41. The van der Waals surface area contributed by atoms with E-state index in [9.17, 15) is 9.59 Å². The second-order valence-electron chi connectivity index (χ2n) is 6.42. The molecule has 1 amide bonds. The van der Waals surface area contributed by atoms with Crippen LogP contribution in [0.25, 0.3) is 0 Å². The Hall–Kier alpha value is -2.28. The summed E-state index contributed by atoms with van der Waals surface area (Å²) < 4.78 is 11.2. The van der Waals surface area contributed by atoms with Crippen LogP contribution >= 0.6 is 0 Å². The lowest BCUT2D eigenvalue weighted by Gasteiger charge is -2.34. The Morgan fingerprint density at radius 3 is 2.85 bits per heavy atom. The van der Waals surface area contributed by atoms with Crippen molar-refractivity contribution in [1.82, 2.24) is 10.2 Å². The topological polar surface area (TPSA) is 88.1 Å². The van der Waals surface area contributed by atoms with Gasteiger partial charge in [-0.15, -0.1) is 0 Å². The molecule has 1 heterocycles. The van der Waals surface area contributed by atoms with Crippen molar-refractivity contribution in [2.75, 3.05) is 26.8 Å². The third kappa shape index (κ3) is 5.62. The van der Waals surface area contributed by atoms with Gasteiger partial charge in [-0.3, -0.25) is 14.5 Å². The van der Waals surface area contributed by atoms with Gasteiger partial charge in [-0.25, -0.2) is 0 Å². The average Bonchev–Trinajstić information content (AvgIpc) is 2.62. The molecular formula is C19H28N2O5. The number of piperazine rings is 1. The van der Waals surface area contributed by atoms with Crippen molar-refractivity contribution < 1.29 is 24.2 Å². The van der Waals surface area contributed by atoms with Crippen molar-refractivity contribution in [3.63, 3.8) is 0 Å². The molecule has 2 rings (SSSR count). The van der Waals surface area contributed by atoms with Gasteiger partial charge in [0.05, 0.1) is 20.1 Å². The summed E-state index contributed by atoms with van der Waals surface area (Å²) in [7, 11) is 1.60. The van der Waals surface area contributed by atoms with Crippen molar-refractivity contribution in [3.8, 4) is 11.5 Å². The van der Waals surface area contributed by atoms with Gasteiger partial charge in [0.2, 0.25) is 5.91 Å². The van der Waals surface area contributed by atoms with E-state index in [4.69, 9.17) is 14.6 Å². The predicted octanol–water partition coefficient (Wildman–Crippen LogP) is 2.04. The maximum Gasteiger partial charge on any atom is 0.305 e. The Morgan fingerprint density at radius 2 is 2.15 bits per heavy atom. The standard InChI is InChI=1S/C19H28N2O5/c1-3-4-5-10-26-16-7-6-14(11-17(16)25-2)13-21-9-8-20-19(24)15(21)12-18(22)23/h6-7,11,15H,3-5,8-10,12-13H2,1-2H3,(H,20,24)(H,22,23). The van der Waals surface area contributed by atoms with Crippen LogP contribution in [0.4, 0.5) is 0 Å². The zero-order chi connectivity index (χ0) is 18.9. The number of unbranched alkanes of at least 4 members (excludes halogenated alkanes) is 2. The smallest absolute Gasteiger partial charge is 0.305 e. The summed E-state index contributed by atoms with van der Waals surface area (Å²) in [5.41, 5.74) is 0.952. The maximum absolute atomic E-state index is 12.0. The lowest BCUT2D eigenvalue weighted by Crippen LogP contribution is -2.55. The summed E-state index contributed by atoms with van der Waals surface area (Å²) >= 11 is 0. The van der Waals surface area contributed by atoms with Crippen LogP contribution in [0.3, 0.4) is 0 Å². The minimum atomic E-state index is -0.981. The van der Waals surface area contributed by atoms with Gasteiger partial charge in [-0.2, -0.15) is 0 Å². The molecule has 144 valence electrons. The molecule has 0 bridgehead atoms. The van der Waals surface area contributed by atoms with Crippen LogP contribution in [0, 0.1) is 0 Å². The molecule has 1 saturated heterocycles. The fourth-order valence-electron chi connectivity index (χ4n) is 3.04. The molecule has 0 aromatic heterocycles. The molecule has 1 atom stereocenters. The monoisotopic (exact) mass is 364 g/mol. The SMILES string of the molecule is CCCCCOc1ccc(CN2CCNC(=O)C2CC(=O)O)cc1OC. The second-order valence-corrected chi connectivity index (χ2v) is 6.42. The fraction of sp³-hybridized carbons (Fsp3) is 0.579. The highest BCUT2D eigenvalue weighted by Gasteiger charge is 2.31. The van der Waals surface area contributed by atoms with E-state index in [1.165, 1.54) is 0 Å². The summed E-state index contributed by atoms with van der Waals surface area (Å²) in [4.78, 5) is 25.0. The van der Waals surface area contributed by atoms with Crippen molar-refractivity contribution in [2.45, 2.75) is 45.2 Å². The number of carbonyl (C=O) groups is 2. The largest absolute Gasteiger partial charge is 0.493 e. The number of carbonyl (C=O) groups excluding carboxylic acids is 1. The molecule has 1 aromatic carbocycles. The van der Waals surface area contributed by atoms with E-state index >= 15 is 0 Å². The number of methoxy groups -OCH3 is 1. The van der Waals surface area contributed by atoms with Crippen LogP contribution in [0.1, 0.15) is 38.2 Å². The van der Waals surface area contributed by atoms with Crippen LogP contribution in [0.2, 0.25) is 0 Å². The molecule has 1 aliphatic heterocycles. The zero-order valence-corrected chi connectivity index (χ0v) is 15.5. The van der Waals surface area contributed by atoms with E-state index in [2.05, 4.69) is 12.2 Å². The van der Waals surface area contributed by atoms with E-state index in [0.29, 0.717) is 37.7 Å². The van der Waals surface area contributed by atoms with Gasteiger partial charge in [0.1, 0.15) is 6.04 Å². The predicted molar refractivity (Wildman–Crippen MR) is 97.5 cm³/mol. The zero-order valence-electron chi connectivity index (χ0n) is 15.5. The van der Waals surface area contributed by atoms with E-state index in [0.717, 1.165) is 24.8 Å². The Labute approximate surface area is 154 Å². The lowest BCUT2D eigenvalue weighted by molar-refractivity contribution is -0.143. The van der Waals surface area contributed by atoms with Gasteiger partial charge in [-0.05, 0) is 24.1 Å². The van der Waals surface area contributed by atoms with E-state index in [1.807, 2.05) is 23.1 Å². The van der Waals surface area contributed by atoms with Crippen molar-refractivity contribution in [3.05, 3.63) is 23.8 Å². The Kier molecular flexibility index (Phi) is 7.72. The minimum Gasteiger partial charge on any atom is -0.493 e. The molecule has 1 aromatic rings. The normalized spacial score (nSPS) is 17.6. The summed E-state index contributed by atoms with van der Waals surface area (Å²) in [5.74, 6) is 0.132. The van der Waals surface area contributed by atoms with E-state index < -0.39 is 12.0 Å². The number of hydrogen-bond acceptors (Lipinski definition) is 5. The number of ether oxygens (including phenoxy) is 2. The van der Waals surface area contributed by atoms with Crippen molar-refractivity contribution in [2.24, 2.45) is 0 Å². The Balaban J connectivity index is 2.05. The van der Waals surface area contributed by atoms with Crippen LogP contribution < -0.4 is 14.8 Å². The van der Waals surface area contributed by atoms with Crippen molar-refractivity contribution >= 4 is 11.9 Å². The molecule has 1 unspecified atom stereocenters. The number of aliphatic carboxylic acids is 1. The molecule has 1 aliphatic rings. The van der Waals surface area contributed by atoms with Gasteiger partial charge >= 0.3 is 5.97 Å². The maximum atomic E-state index is 12.0. The number of carboxylic acid groups (broad SMARTS) is 1. The number of nitrogens with zero attached hydrogens (tertiary/aromatic N) is 1. The molecule has 0 saturated carbocycles. The number of benzene rings is 1. The highest BCUT2D eigenvalue weighted by molar-refractivity contribution is 5.86. The molecule has 1 fully saturated rings. The molecule has 0 aliphatic carbocycles. The second kappa shape index (κ2) is 10.0. The first-order valence-electron chi connectivity index (χ1n) is 9.08. The number of nitrogens with one attached hydrogen (secondary N) is 1. The first-order chi connectivity index (χ1) is 12.5. The average molecular weight is 364 g/mol. The van der Waals surface area contributed by atoms with Crippen LogP contribution in [0.15, 0.2) is 18.2 Å². The van der Waals surface area contributed by atoms with Gasteiger partial charge in [0.15, 0.2) is 11.5 Å². The van der Waals surface area contributed by atoms with Gasteiger partial charge in [-0.1, -0.05) is 25.8 Å². The highest BCUT2D eigenvalue weighted by atomic mass is 16.5. The van der Waals surface area contributed by atoms with Crippen LogP contribution in [0.5, 0.6) is 11.5 Å². The third-order valence-corrected chi connectivity index (χ3v) is 4.43. The Morgan fingerprint density at radius 1 is 1.35 bits per heavy atom. The first kappa shape index (κ1) is 20.0. The fourth-order valence-corrected chi connectivity index (χ4v) is 3.04. The van der Waals surface area contributed by atoms with Crippen LogP contribution in [-0.4, -0.2) is 54.7 Å². The van der Waals surface area contributed by atoms with Gasteiger partial charge in [0.25, 0.3) is 0 Å². The summed E-state index contributed by atoms with van der Waals surface area (Å²) in [5, 5.41) is 11.8. The summed E-state index contributed by atoms with van der Waals surface area (Å²) in [6.07, 6.45) is 3.06. The van der Waals surface area contributed by atoms with Crippen molar-refractivity contribution in [1.29, 1.82) is 0 Å². The Bertz CT molecular complexity index is 620. The van der Waals surface area contributed by atoms with Gasteiger partial charge in [0, 0.05) is 19.6 Å².